The van der Waals surface area contributed by atoms with Crippen LogP contribution in [0.15, 0.2) is 47.2 Å². The van der Waals surface area contributed by atoms with Gasteiger partial charge in [0.05, 0.1) is 0 Å². The van der Waals surface area contributed by atoms with E-state index in [0.29, 0.717) is 6.54 Å². The highest BCUT2D eigenvalue weighted by Gasteiger charge is 2.05. The summed E-state index contributed by atoms with van der Waals surface area (Å²) in [7, 11) is 0. The van der Waals surface area contributed by atoms with Gasteiger partial charge in [-0.25, -0.2) is 0 Å². The Bertz CT molecular complexity index is 674. The van der Waals surface area contributed by atoms with Gasteiger partial charge in [-0.3, -0.25) is 9.59 Å². The van der Waals surface area contributed by atoms with Crippen molar-refractivity contribution in [3.63, 3.8) is 0 Å². The standard InChI is InChI=1S/C17H18N2O2S2/c1-13(19-17(21)9-7-15-5-3-11-23-15)12-18-16(20)8-6-14-4-2-10-22-14/h2-11,13H,12H2,1H3,(H,18,20)(H,19,21)/b8-6+,9-7+/t13-/m0/s1. The van der Waals surface area contributed by atoms with Crippen molar-refractivity contribution in [2.75, 3.05) is 6.54 Å². The second kappa shape index (κ2) is 9.07. The van der Waals surface area contributed by atoms with E-state index in [1.807, 2.05) is 41.9 Å². The summed E-state index contributed by atoms with van der Waals surface area (Å²) in [5, 5.41) is 9.49. The normalized spacial score (nSPS) is 12.6. The summed E-state index contributed by atoms with van der Waals surface area (Å²) >= 11 is 3.14. The molecule has 2 N–H and O–H groups in total. The number of carbonyl (C=O) groups excluding carboxylic acids is 2. The van der Waals surface area contributed by atoms with Crippen molar-refractivity contribution in [3.8, 4) is 0 Å². The second-order valence-electron chi connectivity index (χ2n) is 4.85. The summed E-state index contributed by atoms with van der Waals surface area (Å²) in [6, 6.07) is 7.61. The Morgan fingerprint density at radius 3 is 2.13 bits per heavy atom. The molecule has 0 radical (unpaired) electrons. The Kier molecular flexibility index (Phi) is 6.77. The zero-order valence-electron chi connectivity index (χ0n) is 12.7. The summed E-state index contributed by atoms with van der Waals surface area (Å²) in [4.78, 5) is 25.5. The fraction of sp³-hybridized carbons (Fsp3) is 0.176. The predicted octanol–water partition coefficient (Wildman–Crippen LogP) is 3.16. The van der Waals surface area contributed by atoms with Gasteiger partial charge in [-0.2, -0.15) is 0 Å². The molecule has 0 aliphatic rings. The maximum absolute atomic E-state index is 11.8. The summed E-state index contributed by atoms with van der Waals surface area (Å²) in [5.74, 6) is -0.345. The molecule has 1 atom stereocenters. The number of rotatable bonds is 7. The second-order valence-corrected chi connectivity index (χ2v) is 6.81. The predicted molar refractivity (Wildman–Crippen MR) is 97.3 cm³/mol. The van der Waals surface area contributed by atoms with E-state index < -0.39 is 0 Å². The van der Waals surface area contributed by atoms with Crippen LogP contribution in [0.2, 0.25) is 0 Å². The Morgan fingerprint density at radius 2 is 1.61 bits per heavy atom. The maximum atomic E-state index is 11.8. The van der Waals surface area contributed by atoms with Crippen LogP contribution >= 0.6 is 22.7 Å². The molecule has 0 saturated heterocycles. The summed E-state index contributed by atoms with van der Waals surface area (Å²) in [5.41, 5.74) is 0. The van der Waals surface area contributed by atoms with Gasteiger partial charge >= 0.3 is 0 Å². The first-order chi connectivity index (χ1) is 11.1. The van der Waals surface area contributed by atoms with Crippen molar-refractivity contribution in [1.29, 1.82) is 0 Å². The molecule has 0 aliphatic heterocycles. The van der Waals surface area contributed by atoms with Gasteiger partial charge in [0.2, 0.25) is 11.8 Å². The summed E-state index contributed by atoms with van der Waals surface area (Å²) in [6.45, 7) is 2.23. The topological polar surface area (TPSA) is 58.2 Å². The highest BCUT2D eigenvalue weighted by molar-refractivity contribution is 7.11. The third-order valence-electron chi connectivity index (χ3n) is 2.86. The number of hydrogen-bond donors (Lipinski definition) is 2. The zero-order valence-corrected chi connectivity index (χ0v) is 14.3. The third-order valence-corrected chi connectivity index (χ3v) is 4.53. The van der Waals surface area contributed by atoms with E-state index in [9.17, 15) is 9.59 Å². The van der Waals surface area contributed by atoms with Gasteiger partial charge < -0.3 is 10.6 Å². The van der Waals surface area contributed by atoms with E-state index in [0.717, 1.165) is 9.75 Å². The Morgan fingerprint density at radius 1 is 1.04 bits per heavy atom. The Hall–Kier alpha value is -2.18. The Balaban J connectivity index is 1.69. The molecule has 2 rings (SSSR count). The first-order valence-corrected chi connectivity index (χ1v) is 8.91. The number of carbonyl (C=O) groups is 2. The highest BCUT2D eigenvalue weighted by atomic mass is 32.1. The minimum Gasteiger partial charge on any atom is -0.351 e. The van der Waals surface area contributed by atoms with Crippen LogP contribution in [-0.4, -0.2) is 24.4 Å². The maximum Gasteiger partial charge on any atom is 0.244 e. The highest BCUT2D eigenvalue weighted by Crippen LogP contribution is 2.10. The van der Waals surface area contributed by atoms with Gasteiger partial charge in [-0.1, -0.05) is 12.1 Å². The quantitative estimate of drug-likeness (QED) is 0.757. The van der Waals surface area contributed by atoms with E-state index in [2.05, 4.69) is 10.6 Å². The fourth-order valence-electron chi connectivity index (χ4n) is 1.74. The fourth-order valence-corrected chi connectivity index (χ4v) is 2.98. The van der Waals surface area contributed by atoms with E-state index >= 15 is 0 Å². The minimum atomic E-state index is -0.173. The number of thiophene rings is 2. The SMILES string of the molecule is C[C@@H](CNC(=O)/C=C/c1cccs1)NC(=O)/C=C/c1cccs1. The number of nitrogens with one attached hydrogen (secondary N) is 2. The van der Waals surface area contributed by atoms with Gasteiger partial charge in [0.25, 0.3) is 0 Å². The molecule has 0 aromatic carbocycles. The van der Waals surface area contributed by atoms with Crippen molar-refractivity contribution in [2.45, 2.75) is 13.0 Å². The third kappa shape index (κ3) is 6.63. The van der Waals surface area contributed by atoms with Crippen LogP contribution in [-0.2, 0) is 9.59 Å². The molecule has 0 unspecified atom stereocenters. The zero-order chi connectivity index (χ0) is 16.5. The van der Waals surface area contributed by atoms with Crippen LogP contribution in [0.5, 0.6) is 0 Å². The average Bonchev–Trinajstić information content (AvgIpc) is 3.22. The van der Waals surface area contributed by atoms with Gasteiger partial charge in [-0.15, -0.1) is 22.7 Å². The van der Waals surface area contributed by atoms with Crippen LogP contribution in [0.4, 0.5) is 0 Å². The molecular formula is C17H18N2O2S2. The van der Waals surface area contributed by atoms with E-state index in [4.69, 9.17) is 0 Å². The van der Waals surface area contributed by atoms with Crippen molar-refractivity contribution in [1.82, 2.24) is 10.6 Å². The molecule has 2 aromatic heterocycles. The first kappa shape index (κ1) is 17.2. The molecule has 0 fully saturated rings. The monoisotopic (exact) mass is 346 g/mol. The molecule has 23 heavy (non-hydrogen) atoms. The largest absolute Gasteiger partial charge is 0.351 e. The molecule has 0 bridgehead atoms. The molecule has 6 heteroatoms. The van der Waals surface area contributed by atoms with Crippen LogP contribution in [0, 0.1) is 0 Å². The van der Waals surface area contributed by atoms with Crippen molar-refractivity contribution < 1.29 is 9.59 Å². The Labute approximate surface area is 143 Å². The molecule has 2 heterocycles. The first-order valence-electron chi connectivity index (χ1n) is 7.15. The van der Waals surface area contributed by atoms with E-state index in [1.165, 1.54) is 12.2 Å². The molecule has 120 valence electrons. The lowest BCUT2D eigenvalue weighted by Gasteiger charge is -2.12. The lowest BCUT2D eigenvalue weighted by atomic mass is 10.3. The van der Waals surface area contributed by atoms with Gasteiger partial charge in [0.1, 0.15) is 0 Å². The summed E-state index contributed by atoms with van der Waals surface area (Å²) in [6.07, 6.45) is 6.54. The van der Waals surface area contributed by atoms with Crippen molar-refractivity contribution in [2.24, 2.45) is 0 Å². The lowest BCUT2D eigenvalue weighted by Crippen LogP contribution is -2.40. The van der Waals surface area contributed by atoms with Crippen LogP contribution < -0.4 is 10.6 Å². The van der Waals surface area contributed by atoms with E-state index in [1.54, 1.807) is 34.8 Å². The van der Waals surface area contributed by atoms with Crippen LogP contribution in [0.25, 0.3) is 12.2 Å². The van der Waals surface area contributed by atoms with Crippen molar-refractivity contribution in [3.05, 3.63) is 56.9 Å². The average molecular weight is 346 g/mol. The molecule has 4 nitrogen and oxygen atoms in total. The molecule has 2 amide bonds. The minimum absolute atomic E-state index is 0.144. The molecule has 0 saturated carbocycles. The molecular weight excluding hydrogens is 328 g/mol. The number of hydrogen-bond acceptors (Lipinski definition) is 4. The van der Waals surface area contributed by atoms with Crippen molar-refractivity contribution >= 4 is 46.6 Å². The summed E-state index contributed by atoms with van der Waals surface area (Å²) < 4.78 is 0. The van der Waals surface area contributed by atoms with Crippen LogP contribution in [0.3, 0.4) is 0 Å². The number of amides is 2. The van der Waals surface area contributed by atoms with Gasteiger partial charge in [0, 0.05) is 34.5 Å². The molecule has 0 aliphatic carbocycles. The lowest BCUT2D eigenvalue weighted by molar-refractivity contribution is -0.118. The van der Waals surface area contributed by atoms with E-state index in [-0.39, 0.29) is 17.9 Å². The smallest absolute Gasteiger partial charge is 0.244 e. The molecule has 2 aromatic rings. The van der Waals surface area contributed by atoms with Crippen LogP contribution in [0.1, 0.15) is 16.7 Å². The molecule has 0 spiro atoms. The van der Waals surface area contributed by atoms with Gasteiger partial charge in [0.15, 0.2) is 0 Å². The van der Waals surface area contributed by atoms with Gasteiger partial charge in [-0.05, 0) is 42.0 Å².